The number of para-hydroxylation sites is 5. The van der Waals surface area contributed by atoms with Gasteiger partial charge in [-0.3, -0.25) is 0 Å². The van der Waals surface area contributed by atoms with Gasteiger partial charge < -0.3 is 14.9 Å². The van der Waals surface area contributed by atoms with Crippen molar-refractivity contribution in [3.05, 3.63) is 175 Å². The summed E-state index contributed by atoms with van der Waals surface area (Å²) in [5, 5.41) is 4.79. The fraction of sp³-hybridized carbons (Fsp3) is 0.0233. The van der Waals surface area contributed by atoms with Gasteiger partial charge >= 0.3 is 0 Å². The maximum atomic E-state index is 7.19. The average Bonchev–Trinajstić information content (AvgIpc) is 3.64. The molecule has 46 heavy (non-hydrogen) atoms. The van der Waals surface area contributed by atoms with Crippen molar-refractivity contribution in [3.63, 3.8) is 0 Å². The Morgan fingerprint density at radius 1 is 0.391 bits per heavy atom. The van der Waals surface area contributed by atoms with Gasteiger partial charge in [0.1, 0.15) is 0 Å². The van der Waals surface area contributed by atoms with Gasteiger partial charge in [-0.15, -0.1) is 0 Å². The molecule has 0 saturated heterocycles. The second-order valence-electron chi connectivity index (χ2n) is 11.9. The Balaban J connectivity index is 1.25. The minimum atomic E-state index is 0.778. The maximum absolute atomic E-state index is 7.19. The molecule has 0 radical (unpaired) electrons. The summed E-state index contributed by atoms with van der Waals surface area (Å²) in [6, 6.07) is 58.4. The van der Waals surface area contributed by atoms with Crippen LogP contribution in [0.3, 0.4) is 0 Å². The highest BCUT2D eigenvalue weighted by Crippen LogP contribution is 2.42. The molecule has 0 aliphatic carbocycles. The van der Waals surface area contributed by atoms with Crippen molar-refractivity contribution in [3.8, 4) is 22.5 Å². The zero-order chi connectivity index (χ0) is 30.6. The Hall–Kier alpha value is -6.06. The molecule has 0 fully saturated rings. The van der Waals surface area contributed by atoms with Crippen LogP contribution in [0.5, 0.6) is 0 Å². The van der Waals surface area contributed by atoms with E-state index in [9.17, 15) is 0 Å². The van der Waals surface area contributed by atoms with E-state index in [0.717, 1.165) is 50.7 Å². The number of aromatic nitrogens is 2. The van der Waals surface area contributed by atoms with Crippen molar-refractivity contribution in [1.82, 2.24) is 9.13 Å². The SMILES string of the molecule is Nc1c(-c2ccccc2Cc2cccc3c4ccccc4n(-c4ccccc4)c23)ccc2c1c1ccccc1n2-c1ccccc1. The fourth-order valence-corrected chi connectivity index (χ4v) is 7.40. The van der Waals surface area contributed by atoms with Crippen molar-refractivity contribution in [2.24, 2.45) is 0 Å². The van der Waals surface area contributed by atoms with Gasteiger partial charge in [0.2, 0.25) is 0 Å². The molecule has 3 nitrogen and oxygen atoms in total. The maximum Gasteiger partial charge on any atom is 0.0576 e. The molecular formula is C43H31N3. The molecule has 0 amide bonds. The van der Waals surface area contributed by atoms with Crippen molar-refractivity contribution < 1.29 is 0 Å². The van der Waals surface area contributed by atoms with Crippen molar-refractivity contribution in [1.29, 1.82) is 0 Å². The number of fused-ring (bicyclic) bond motifs is 6. The van der Waals surface area contributed by atoms with Crippen LogP contribution in [0.15, 0.2) is 164 Å². The number of nitrogens with two attached hydrogens (primary N) is 1. The molecule has 0 saturated carbocycles. The smallest absolute Gasteiger partial charge is 0.0576 e. The summed E-state index contributed by atoms with van der Waals surface area (Å²) in [7, 11) is 0. The third-order valence-electron chi connectivity index (χ3n) is 9.37. The molecule has 0 spiro atoms. The first kappa shape index (κ1) is 26.4. The van der Waals surface area contributed by atoms with E-state index in [1.165, 1.54) is 38.6 Å². The number of nitrogens with zero attached hydrogens (tertiary/aromatic N) is 2. The molecule has 0 aliphatic rings. The molecule has 2 aromatic heterocycles. The summed E-state index contributed by atoms with van der Waals surface area (Å²) < 4.78 is 4.74. The van der Waals surface area contributed by atoms with E-state index in [-0.39, 0.29) is 0 Å². The van der Waals surface area contributed by atoms with Gasteiger partial charge in [0.25, 0.3) is 0 Å². The first-order valence-electron chi connectivity index (χ1n) is 15.8. The van der Waals surface area contributed by atoms with Crippen LogP contribution in [-0.2, 0) is 6.42 Å². The van der Waals surface area contributed by atoms with E-state index in [2.05, 4.69) is 173 Å². The fourth-order valence-electron chi connectivity index (χ4n) is 7.40. The topological polar surface area (TPSA) is 35.9 Å². The summed E-state index contributed by atoms with van der Waals surface area (Å²) in [6.07, 6.45) is 0.778. The molecule has 9 aromatic rings. The number of hydrogen-bond acceptors (Lipinski definition) is 1. The van der Waals surface area contributed by atoms with Crippen LogP contribution in [0, 0.1) is 0 Å². The van der Waals surface area contributed by atoms with Gasteiger partial charge in [-0.25, -0.2) is 0 Å². The molecule has 3 heteroatoms. The first-order valence-corrected chi connectivity index (χ1v) is 15.8. The summed E-state index contributed by atoms with van der Waals surface area (Å²) >= 11 is 0. The van der Waals surface area contributed by atoms with E-state index in [4.69, 9.17) is 5.73 Å². The Morgan fingerprint density at radius 3 is 1.72 bits per heavy atom. The van der Waals surface area contributed by atoms with Crippen LogP contribution in [0.2, 0.25) is 0 Å². The lowest BCUT2D eigenvalue weighted by atomic mass is 9.92. The molecule has 0 atom stereocenters. The number of hydrogen-bond donors (Lipinski definition) is 1. The van der Waals surface area contributed by atoms with Crippen LogP contribution in [-0.4, -0.2) is 9.13 Å². The molecule has 0 unspecified atom stereocenters. The van der Waals surface area contributed by atoms with Crippen LogP contribution >= 0.6 is 0 Å². The van der Waals surface area contributed by atoms with E-state index in [0.29, 0.717) is 0 Å². The number of anilines is 1. The molecule has 218 valence electrons. The van der Waals surface area contributed by atoms with Crippen molar-refractivity contribution in [2.75, 3.05) is 5.73 Å². The normalized spacial score (nSPS) is 11.7. The van der Waals surface area contributed by atoms with Crippen LogP contribution in [0.1, 0.15) is 11.1 Å². The molecule has 2 heterocycles. The minimum Gasteiger partial charge on any atom is -0.398 e. The highest BCUT2D eigenvalue weighted by Gasteiger charge is 2.20. The van der Waals surface area contributed by atoms with Gasteiger partial charge in [0.05, 0.1) is 22.1 Å². The average molecular weight is 590 g/mol. The lowest BCUT2D eigenvalue weighted by Gasteiger charge is -2.16. The second-order valence-corrected chi connectivity index (χ2v) is 11.9. The summed E-state index contributed by atoms with van der Waals surface area (Å²) in [5.41, 5.74) is 19.8. The molecule has 9 rings (SSSR count). The Kier molecular flexibility index (Phi) is 6.04. The summed E-state index contributed by atoms with van der Waals surface area (Å²) in [5.74, 6) is 0. The molecule has 0 aliphatic heterocycles. The van der Waals surface area contributed by atoms with Gasteiger partial charge in [0, 0.05) is 50.6 Å². The Bertz CT molecular complexity index is 2550. The lowest BCUT2D eigenvalue weighted by Crippen LogP contribution is -2.00. The lowest BCUT2D eigenvalue weighted by molar-refractivity contribution is 1.13. The van der Waals surface area contributed by atoms with Crippen molar-refractivity contribution >= 4 is 49.3 Å². The third kappa shape index (κ3) is 3.99. The van der Waals surface area contributed by atoms with Crippen molar-refractivity contribution in [2.45, 2.75) is 6.42 Å². The van der Waals surface area contributed by atoms with Crippen LogP contribution in [0.25, 0.3) is 66.1 Å². The molecule has 7 aromatic carbocycles. The molecular weight excluding hydrogens is 558 g/mol. The van der Waals surface area contributed by atoms with Gasteiger partial charge in [-0.2, -0.15) is 0 Å². The predicted octanol–water partition coefficient (Wildman–Crippen LogP) is 10.7. The Labute approximate surface area is 267 Å². The Morgan fingerprint density at radius 2 is 0.957 bits per heavy atom. The monoisotopic (exact) mass is 589 g/mol. The predicted molar refractivity (Wildman–Crippen MR) is 194 cm³/mol. The first-order chi connectivity index (χ1) is 22.8. The van der Waals surface area contributed by atoms with E-state index in [1.54, 1.807) is 0 Å². The minimum absolute atomic E-state index is 0.778. The van der Waals surface area contributed by atoms with Crippen LogP contribution in [0.4, 0.5) is 5.69 Å². The standard InChI is InChI=1S/C43H31N3/c44-42-35(26-27-40-41(42)37-22-10-12-25-39(37)45(40)31-16-3-1-4-17-31)33-20-8-7-14-29(33)28-30-15-13-23-36-34-21-9-11-24-38(34)46(43(30)36)32-18-5-2-6-19-32/h1-27H,28,44H2. The van der Waals surface area contributed by atoms with Gasteiger partial charge in [0.15, 0.2) is 0 Å². The van der Waals surface area contributed by atoms with Gasteiger partial charge in [-0.05, 0) is 59.2 Å². The summed E-state index contributed by atoms with van der Waals surface area (Å²) in [4.78, 5) is 0. The van der Waals surface area contributed by atoms with Crippen LogP contribution < -0.4 is 5.73 Å². The third-order valence-corrected chi connectivity index (χ3v) is 9.37. The summed E-state index contributed by atoms with van der Waals surface area (Å²) in [6.45, 7) is 0. The number of benzene rings is 7. The zero-order valence-electron chi connectivity index (χ0n) is 25.3. The zero-order valence-corrected chi connectivity index (χ0v) is 25.3. The molecule has 2 N–H and O–H groups in total. The number of nitrogen functional groups attached to an aromatic ring is 1. The van der Waals surface area contributed by atoms with E-state index >= 15 is 0 Å². The molecule has 0 bridgehead atoms. The highest BCUT2D eigenvalue weighted by atomic mass is 15.0. The van der Waals surface area contributed by atoms with Gasteiger partial charge in [-0.1, -0.05) is 121 Å². The largest absolute Gasteiger partial charge is 0.398 e. The highest BCUT2D eigenvalue weighted by molar-refractivity contribution is 6.17. The van der Waals surface area contributed by atoms with E-state index < -0.39 is 0 Å². The van der Waals surface area contributed by atoms with E-state index in [1.807, 2.05) is 0 Å². The second kappa shape index (κ2) is 10.5. The quantitative estimate of drug-likeness (QED) is 0.199. The number of rotatable bonds is 5.